The van der Waals surface area contributed by atoms with Gasteiger partial charge >= 0.3 is 5.97 Å². The Labute approximate surface area is 169 Å². The van der Waals surface area contributed by atoms with E-state index in [2.05, 4.69) is 5.16 Å². The number of rotatable bonds is 5. The van der Waals surface area contributed by atoms with Crippen molar-refractivity contribution in [1.29, 1.82) is 0 Å². The van der Waals surface area contributed by atoms with Crippen LogP contribution in [0.15, 0.2) is 16.1 Å². The number of benzene rings is 1. The third-order valence-corrected chi connectivity index (χ3v) is 5.61. The molecule has 2 heterocycles. The first-order valence-corrected chi connectivity index (χ1v) is 9.43. The number of aromatic carboxylic acids is 1. The van der Waals surface area contributed by atoms with Gasteiger partial charge in [0.05, 0.1) is 28.8 Å². The maximum absolute atomic E-state index is 15.7. The molecule has 1 saturated heterocycles. The van der Waals surface area contributed by atoms with Crippen molar-refractivity contribution in [3.63, 3.8) is 0 Å². The summed E-state index contributed by atoms with van der Waals surface area (Å²) in [5.41, 5.74) is 9.46. The molecule has 1 aliphatic carbocycles. The number of nitrogens with zero attached hydrogens (tertiary/aromatic N) is 3. The topological polar surface area (TPSA) is 136 Å². The number of halogens is 2. The van der Waals surface area contributed by atoms with Crippen molar-refractivity contribution >= 4 is 34.0 Å². The van der Waals surface area contributed by atoms with Crippen molar-refractivity contribution in [1.82, 2.24) is 4.57 Å². The standard InChI is InChI=1S/C19H21F2N5O4/c1-30-24-11-7-25(5-8(11)4-22)17-13(20)15(23)12-16(14(17)21)26(9-2-3-9)6-10(18(12)27)19(28)29/h6,8-9H,2-5,7,22-23H2,1H3,(H,28,29)/b24-11+. The van der Waals surface area contributed by atoms with Crippen LogP contribution in [0.4, 0.5) is 20.2 Å². The number of anilines is 2. The molecule has 2 aromatic rings. The minimum Gasteiger partial charge on any atom is -0.477 e. The molecule has 0 amide bonds. The monoisotopic (exact) mass is 421 g/mol. The van der Waals surface area contributed by atoms with Crippen LogP contribution in [-0.4, -0.2) is 48.1 Å². The summed E-state index contributed by atoms with van der Waals surface area (Å²) in [5, 5.41) is 12.8. The molecule has 1 aromatic heterocycles. The fraction of sp³-hybridized carbons (Fsp3) is 0.421. The molecule has 1 aromatic carbocycles. The van der Waals surface area contributed by atoms with Gasteiger partial charge in [-0.3, -0.25) is 4.79 Å². The molecular weight excluding hydrogens is 400 g/mol. The fourth-order valence-corrected chi connectivity index (χ4v) is 3.99. The molecule has 30 heavy (non-hydrogen) atoms. The maximum Gasteiger partial charge on any atom is 0.341 e. The Kier molecular flexibility index (Phi) is 4.85. The lowest BCUT2D eigenvalue weighted by molar-refractivity contribution is 0.0695. The zero-order valence-electron chi connectivity index (χ0n) is 16.2. The summed E-state index contributed by atoms with van der Waals surface area (Å²) in [6.07, 6.45) is 2.48. The lowest BCUT2D eigenvalue weighted by Gasteiger charge is -2.23. The molecule has 1 saturated carbocycles. The van der Waals surface area contributed by atoms with E-state index in [1.807, 2.05) is 0 Å². The second kappa shape index (κ2) is 7.24. The van der Waals surface area contributed by atoms with Gasteiger partial charge in [0.1, 0.15) is 18.4 Å². The summed E-state index contributed by atoms with van der Waals surface area (Å²) in [5.74, 6) is -3.82. The number of oxime groups is 1. The van der Waals surface area contributed by atoms with Crippen LogP contribution in [0.2, 0.25) is 0 Å². The van der Waals surface area contributed by atoms with Crippen molar-refractivity contribution in [3.05, 3.63) is 33.6 Å². The number of nitrogen functional groups attached to an aromatic ring is 1. The van der Waals surface area contributed by atoms with Gasteiger partial charge in [0, 0.05) is 31.2 Å². The van der Waals surface area contributed by atoms with Crippen molar-refractivity contribution in [3.8, 4) is 0 Å². The lowest BCUT2D eigenvalue weighted by atomic mass is 10.1. The van der Waals surface area contributed by atoms with Crippen LogP contribution in [0.5, 0.6) is 0 Å². The lowest BCUT2D eigenvalue weighted by Crippen LogP contribution is -2.27. The maximum atomic E-state index is 15.7. The molecular formula is C19H21F2N5O4. The van der Waals surface area contributed by atoms with E-state index in [1.165, 1.54) is 16.6 Å². The molecule has 0 bridgehead atoms. The van der Waals surface area contributed by atoms with Gasteiger partial charge in [0.25, 0.3) is 0 Å². The van der Waals surface area contributed by atoms with Crippen LogP contribution in [0.1, 0.15) is 29.2 Å². The molecule has 160 valence electrons. The molecule has 9 nitrogen and oxygen atoms in total. The molecule has 5 N–H and O–H groups in total. The number of carboxylic acids is 1. The zero-order valence-corrected chi connectivity index (χ0v) is 16.2. The largest absolute Gasteiger partial charge is 0.477 e. The number of carboxylic acid groups (broad SMARTS) is 1. The third kappa shape index (κ3) is 2.96. The van der Waals surface area contributed by atoms with E-state index in [0.29, 0.717) is 18.6 Å². The summed E-state index contributed by atoms with van der Waals surface area (Å²) >= 11 is 0. The Morgan fingerprint density at radius 1 is 1.37 bits per heavy atom. The zero-order chi connectivity index (χ0) is 21.7. The second-order valence-corrected chi connectivity index (χ2v) is 7.51. The highest BCUT2D eigenvalue weighted by Crippen LogP contribution is 2.42. The van der Waals surface area contributed by atoms with E-state index in [4.69, 9.17) is 16.3 Å². The van der Waals surface area contributed by atoms with E-state index >= 15 is 8.78 Å². The number of pyridine rings is 1. The van der Waals surface area contributed by atoms with Crippen molar-refractivity contribution in [2.24, 2.45) is 16.8 Å². The number of carbonyl (C=O) groups is 1. The van der Waals surface area contributed by atoms with E-state index in [-0.39, 0.29) is 37.1 Å². The van der Waals surface area contributed by atoms with Crippen molar-refractivity contribution in [2.45, 2.75) is 18.9 Å². The summed E-state index contributed by atoms with van der Waals surface area (Å²) in [7, 11) is 1.37. The normalized spacial score (nSPS) is 20.3. The molecule has 0 radical (unpaired) electrons. The third-order valence-electron chi connectivity index (χ3n) is 5.61. The minimum absolute atomic E-state index is 0.0787. The SMILES string of the molecule is CO/N=C1\CN(c2c(F)c(N)c3c(=O)c(C(=O)O)cn(C4CC4)c3c2F)CC1CN. The number of fused-ring (bicyclic) bond motifs is 1. The van der Waals surface area contributed by atoms with Gasteiger partial charge in [0.15, 0.2) is 11.6 Å². The average Bonchev–Trinajstić information content (AvgIpc) is 3.47. The second-order valence-electron chi connectivity index (χ2n) is 7.51. The Morgan fingerprint density at radius 3 is 2.63 bits per heavy atom. The Hall–Kier alpha value is -3.21. The predicted molar refractivity (Wildman–Crippen MR) is 107 cm³/mol. The molecule has 1 unspecified atom stereocenters. The highest BCUT2D eigenvalue weighted by molar-refractivity contribution is 6.01. The van der Waals surface area contributed by atoms with Gasteiger partial charge in [-0.05, 0) is 12.8 Å². The van der Waals surface area contributed by atoms with E-state index in [0.717, 1.165) is 6.20 Å². The molecule has 2 aliphatic rings. The van der Waals surface area contributed by atoms with Crippen molar-refractivity contribution < 1.29 is 23.5 Å². The Bertz CT molecular complexity index is 1140. The highest BCUT2D eigenvalue weighted by atomic mass is 19.1. The van der Waals surface area contributed by atoms with Gasteiger partial charge in [-0.15, -0.1) is 0 Å². The number of hydrogen-bond acceptors (Lipinski definition) is 7. The molecule has 4 rings (SSSR count). The molecule has 11 heteroatoms. The number of aromatic nitrogens is 1. The molecule has 0 spiro atoms. The number of hydrogen-bond donors (Lipinski definition) is 3. The number of nitrogens with two attached hydrogens (primary N) is 2. The Balaban J connectivity index is 1.99. The van der Waals surface area contributed by atoms with E-state index in [1.54, 1.807) is 0 Å². The summed E-state index contributed by atoms with van der Waals surface area (Å²) < 4.78 is 32.3. The first-order chi connectivity index (χ1) is 14.3. The van der Waals surface area contributed by atoms with Crippen LogP contribution in [0.3, 0.4) is 0 Å². The molecule has 1 aliphatic heterocycles. The van der Waals surface area contributed by atoms with Gasteiger partial charge < -0.3 is 30.9 Å². The smallest absolute Gasteiger partial charge is 0.341 e. The Morgan fingerprint density at radius 2 is 2.07 bits per heavy atom. The van der Waals surface area contributed by atoms with Crippen molar-refractivity contribution in [2.75, 3.05) is 37.4 Å². The quantitative estimate of drug-likeness (QED) is 0.489. The minimum atomic E-state index is -1.48. The highest BCUT2D eigenvalue weighted by Gasteiger charge is 2.36. The van der Waals surface area contributed by atoms with Crippen LogP contribution < -0.4 is 21.8 Å². The average molecular weight is 421 g/mol. The summed E-state index contributed by atoms with van der Waals surface area (Å²) in [4.78, 5) is 30.4. The van der Waals surface area contributed by atoms with E-state index < -0.39 is 45.4 Å². The first-order valence-electron chi connectivity index (χ1n) is 9.43. The van der Waals surface area contributed by atoms with Crippen LogP contribution in [0.25, 0.3) is 10.9 Å². The molecule has 1 atom stereocenters. The van der Waals surface area contributed by atoms with Gasteiger partial charge in [-0.25, -0.2) is 13.6 Å². The van der Waals surface area contributed by atoms with Crippen LogP contribution in [0, 0.1) is 17.6 Å². The predicted octanol–water partition coefficient (Wildman–Crippen LogP) is 1.29. The summed E-state index contributed by atoms with van der Waals surface area (Å²) in [6.45, 7) is 0.480. The van der Waals surface area contributed by atoms with Gasteiger partial charge in [-0.2, -0.15) is 0 Å². The fourth-order valence-electron chi connectivity index (χ4n) is 3.99. The van der Waals surface area contributed by atoms with Crippen LogP contribution >= 0.6 is 0 Å². The summed E-state index contributed by atoms with van der Waals surface area (Å²) in [6, 6.07) is -0.181. The van der Waals surface area contributed by atoms with Gasteiger partial charge in [0.2, 0.25) is 5.43 Å². The molecule has 2 fully saturated rings. The first kappa shape index (κ1) is 20.1. The van der Waals surface area contributed by atoms with E-state index in [9.17, 15) is 14.7 Å². The van der Waals surface area contributed by atoms with Gasteiger partial charge in [-0.1, -0.05) is 5.16 Å². The van der Waals surface area contributed by atoms with Crippen LogP contribution in [-0.2, 0) is 4.84 Å².